The van der Waals surface area contributed by atoms with Crippen molar-refractivity contribution in [3.63, 3.8) is 0 Å². The maximum atomic E-state index is 13.5. The Bertz CT molecular complexity index is 483. The van der Waals surface area contributed by atoms with Crippen molar-refractivity contribution in [2.75, 3.05) is 13.1 Å². The van der Waals surface area contributed by atoms with E-state index in [2.05, 4.69) is 0 Å². The first kappa shape index (κ1) is 20.5. The molecule has 1 aromatic carbocycles. The van der Waals surface area contributed by atoms with Crippen molar-refractivity contribution in [1.82, 2.24) is 4.90 Å². The normalized spacial score (nSPS) is 14.2. The van der Waals surface area contributed by atoms with Gasteiger partial charge in [0.15, 0.2) is 5.92 Å². The Labute approximate surface area is 141 Å². The van der Waals surface area contributed by atoms with Gasteiger partial charge >= 0.3 is 6.18 Å². The molecule has 2 atom stereocenters. The number of halogens is 3. The highest BCUT2D eigenvalue weighted by molar-refractivity contribution is 5.80. The third kappa shape index (κ3) is 5.82. The van der Waals surface area contributed by atoms with E-state index in [-0.39, 0.29) is 18.7 Å². The van der Waals surface area contributed by atoms with Gasteiger partial charge in [-0.1, -0.05) is 57.0 Å². The highest BCUT2D eigenvalue weighted by atomic mass is 19.4. The summed E-state index contributed by atoms with van der Waals surface area (Å²) in [5, 5.41) is 10.2. The van der Waals surface area contributed by atoms with Crippen LogP contribution in [0.2, 0.25) is 0 Å². The van der Waals surface area contributed by atoms with Crippen LogP contribution in [-0.2, 0) is 4.79 Å². The van der Waals surface area contributed by atoms with Gasteiger partial charge in [0.1, 0.15) is 0 Å². The van der Waals surface area contributed by atoms with E-state index in [1.54, 1.807) is 18.2 Å². The third-order valence-corrected chi connectivity index (χ3v) is 3.95. The first-order chi connectivity index (χ1) is 11.3. The van der Waals surface area contributed by atoms with Gasteiger partial charge in [0.25, 0.3) is 0 Å². The lowest BCUT2D eigenvalue weighted by molar-refractivity contribution is -0.208. The molecule has 1 amide bonds. The lowest BCUT2D eigenvalue weighted by Crippen LogP contribution is -2.46. The molecule has 0 aliphatic rings. The molecule has 0 bridgehead atoms. The van der Waals surface area contributed by atoms with E-state index in [1.165, 1.54) is 17.0 Å². The number of alkyl halides is 3. The lowest BCUT2D eigenvalue weighted by atomic mass is 9.93. The Kier molecular flexibility index (Phi) is 8.25. The monoisotopic (exact) mass is 345 g/mol. The first-order valence-corrected chi connectivity index (χ1v) is 8.41. The van der Waals surface area contributed by atoms with E-state index in [1.807, 2.05) is 13.8 Å². The van der Waals surface area contributed by atoms with Crippen molar-refractivity contribution in [3.05, 3.63) is 35.9 Å². The second-order valence-electron chi connectivity index (χ2n) is 5.91. The fourth-order valence-corrected chi connectivity index (χ4v) is 2.52. The molecular formula is C18H26F3NO2. The van der Waals surface area contributed by atoms with Crippen LogP contribution in [0, 0.1) is 5.92 Å². The topological polar surface area (TPSA) is 40.5 Å². The van der Waals surface area contributed by atoms with Crippen molar-refractivity contribution in [3.8, 4) is 0 Å². The molecule has 0 radical (unpaired) electrons. The molecule has 0 aliphatic heterocycles. The second-order valence-corrected chi connectivity index (χ2v) is 5.91. The number of aliphatic hydroxyl groups is 1. The molecule has 1 N–H and O–H groups in total. The number of hydrogen-bond donors (Lipinski definition) is 1. The number of unbranched alkanes of at least 4 members (excludes halogenated alkanes) is 2. The molecule has 0 fully saturated rings. The number of hydrogen-bond acceptors (Lipinski definition) is 2. The summed E-state index contributed by atoms with van der Waals surface area (Å²) in [6.45, 7) is 4.40. The molecule has 0 saturated heterocycles. The largest absolute Gasteiger partial charge is 0.403 e. The van der Waals surface area contributed by atoms with E-state index < -0.39 is 24.1 Å². The number of benzene rings is 1. The Morgan fingerprint density at radius 2 is 1.58 bits per heavy atom. The van der Waals surface area contributed by atoms with Crippen molar-refractivity contribution in [2.24, 2.45) is 5.92 Å². The van der Waals surface area contributed by atoms with Crippen LogP contribution in [0.3, 0.4) is 0 Å². The van der Waals surface area contributed by atoms with Gasteiger partial charge in [0.2, 0.25) is 5.91 Å². The Balaban J connectivity index is 3.06. The van der Waals surface area contributed by atoms with E-state index in [0.717, 1.165) is 12.8 Å². The van der Waals surface area contributed by atoms with Crippen LogP contribution in [0.1, 0.15) is 51.2 Å². The summed E-state index contributed by atoms with van der Waals surface area (Å²) in [7, 11) is 0. The lowest BCUT2D eigenvalue weighted by Gasteiger charge is -2.31. The molecule has 1 rings (SSSR count). The van der Waals surface area contributed by atoms with Crippen molar-refractivity contribution < 1.29 is 23.1 Å². The Morgan fingerprint density at radius 1 is 1.08 bits per heavy atom. The first-order valence-electron chi connectivity index (χ1n) is 8.41. The van der Waals surface area contributed by atoms with Crippen LogP contribution in [0.25, 0.3) is 0 Å². The molecule has 0 aromatic heterocycles. The zero-order valence-electron chi connectivity index (χ0n) is 14.2. The molecule has 3 nitrogen and oxygen atoms in total. The van der Waals surface area contributed by atoms with Gasteiger partial charge in [-0.2, -0.15) is 13.2 Å². The number of aliphatic hydroxyl groups excluding tert-OH is 1. The van der Waals surface area contributed by atoms with Crippen LogP contribution < -0.4 is 0 Å². The summed E-state index contributed by atoms with van der Waals surface area (Å²) in [4.78, 5) is 13.8. The molecular weight excluding hydrogens is 319 g/mol. The third-order valence-electron chi connectivity index (χ3n) is 3.95. The summed E-state index contributed by atoms with van der Waals surface area (Å²) in [6, 6.07) is 7.54. The van der Waals surface area contributed by atoms with Crippen LogP contribution in [0.4, 0.5) is 13.2 Å². The van der Waals surface area contributed by atoms with Gasteiger partial charge < -0.3 is 10.0 Å². The van der Waals surface area contributed by atoms with Gasteiger partial charge in [0, 0.05) is 13.1 Å². The minimum Gasteiger partial charge on any atom is -0.387 e. The van der Waals surface area contributed by atoms with E-state index in [9.17, 15) is 23.1 Å². The van der Waals surface area contributed by atoms with Crippen molar-refractivity contribution in [1.29, 1.82) is 0 Å². The summed E-state index contributed by atoms with van der Waals surface area (Å²) in [5.41, 5.74) is 0.0964. The van der Waals surface area contributed by atoms with Crippen molar-refractivity contribution in [2.45, 2.75) is 51.8 Å². The molecule has 0 heterocycles. The predicted octanol–water partition coefficient (Wildman–Crippen LogP) is 4.33. The smallest absolute Gasteiger partial charge is 0.387 e. The van der Waals surface area contributed by atoms with Gasteiger partial charge in [-0.25, -0.2) is 0 Å². The molecule has 1 aromatic rings. The van der Waals surface area contributed by atoms with E-state index in [0.29, 0.717) is 12.8 Å². The highest BCUT2D eigenvalue weighted by Gasteiger charge is 2.51. The average Bonchev–Trinajstić information content (AvgIpc) is 2.54. The number of carbonyl (C=O) groups is 1. The number of rotatable bonds is 9. The standard InChI is InChI=1S/C18H26F3NO2/c1-3-5-12-22(13-6-4-2)17(24)15(18(19,20)21)16(23)14-10-8-7-9-11-14/h7-11,15-16,23H,3-6,12-13H2,1-2H3/t15-,16-/m0/s1. The quantitative estimate of drug-likeness (QED) is 0.724. The van der Waals surface area contributed by atoms with Gasteiger partial charge in [-0.3, -0.25) is 4.79 Å². The minimum absolute atomic E-state index is 0.0964. The number of nitrogens with zero attached hydrogens (tertiary/aromatic N) is 1. The summed E-state index contributed by atoms with van der Waals surface area (Å²) in [6.07, 6.45) is -3.85. The molecule has 0 aliphatic carbocycles. The van der Waals surface area contributed by atoms with Crippen LogP contribution in [-0.4, -0.2) is 35.2 Å². The fraction of sp³-hybridized carbons (Fsp3) is 0.611. The minimum atomic E-state index is -4.80. The van der Waals surface area contributed by atoms with Crippen LogP contribution >= 0.6 is 0 Å². The van der Waals surface area contributed by atoms with Gasteiger partial charge in [0.05, 0.1) is 6.10 Å². The Morgan fingerprint density at radius 3 is 2.00 bits per heavy atom. The van der Waals surface area contributed by atoms with E-state index >= 15 is 0 Å². The van der Waals surface area contributed by atoms with Gasteiger partial charge in [-0.15, -0.1) is 0 Å². The Hall–Kier alpha value is -1.56. The zero-order valence-corrected chi connectivity index (χ0v) is 14.2. The molecule has 24 heavy (non-hydrogen) atoms. The van der Waals surface area contributed by atoms with Crippen molar-refractivity contribution >= 4 is 5.91 Å². The molecule has 6 heteroatoms. The molecule has 0 saturated carbocycles. The fourth-order valence-electron chi connectivity index (χ4n) is 2.52. The summed E-state index contributed by atoms with van der Waals surface area (Å²) >= 11 is 0. The summed E-state index contributed by atoms with van der Waals surface area (Å²) in [5.74, 6) is -3.48. The highest BCUT2D eigenvalue weighted by Crippen LogP contribution is 2.37. The summed E-state index contributed by atoms with van der Waals surface area (Å²) < 4.78 is 40.5. The predicted molar refractivity (Wildman–Crippen MR) is 87.3 cm³/mol. The molecule has 0 unspecified atom stereocenters. The number of amides is 1. The maximum Gasteiger partial charge on any atom is 0.403 e. The SMILES string of the molecule is CCCCN(CCCC)C(=O)[C@H]([C@@H](O)c1ccccc1)C(F)(F)F. The molecule has 0 spiro atoms. The number of carbonyl (C=O) groups excluding carboxylic acids is 1. The van der Waals surface area contributed by atoms with Gasteiger partial charge in [-0.05, 0) is 18.4 Å². The van der Waals surface area contributed by atoms with E-state index in [4.69, 9.17) is 0 Å². The average molecular weight is 345 g/mol. The van der Waals surface area contributed by atoms with Crippen LogP contribution in [0.5, 0.6) is 0 Å². The maximum absolute atomic E-state index is 13.5. The second kappa shape index (κ2) is 9.67. The molecule has 136 valence electrons. The van der Waals surface area contributed by atoms with Crippen LogP contribution in [0.15, 0.2) is 30.3 Å². The zero-order chi connectivity index (χ0) is 18.2.